The van der Waals surface area contributed by atoms with Gasteiger partial charge in [-0.15, -0.1) is 0 Å². The highest BCUT2D eigenvalue weighted by Crippen LogP contribution is 2.70. The lowest BCUT2D eigenvalue weighted by Crippen LogP contribution is -1.92. The normalized spacial score (nSPS) is 23.9. The number of rotatable bonds is 2. The number of imidazole rings is 1. The molecule has 1 heterocycles. The fourth-order valence-electron chi connectivity index (χ4n) is 3.28. The van der Waals surface area contributed by atoms with Crippen molar-refractivity contribution in [2.75, 3.05) is 5.73 Å². The minimum Gasteiger partial charge on any atom is -0.369 e. The maximum Gasteiger partial charge on any atom is 0.197 e. The molecule has 5 heteroatoms. The van der Waals surface area contributed by atoms with Crippen LogP contribution < -0.4 is 5.73 Å². The van der Waals surface area contributed by atoms with E-state index in [2.05, 4.69) is 23.8 Å². The first-order chi connectivity index (χ1) is 9.32. The van der Waals surface area contributed by atoms with E-state index >= 15 is 0 Å². The molecule has 1 aliphatic carbocycles. The quantitative estimate of drug-likeness (QED) is 0.879. The molecule has 0 saturated heterocycles. The summed E-state index contributed by atoms with van der Waals surface area (Å²) in [4.78, 5) is 7.44. The van der Waals surface area contributed by atoms with Gasteiger partial charge < -0.3 is 10.7 Å². The van der Waals surface area contributed by atoms with Crippen LogP contribution in [0.25, 0.3) is 0 Å². The minimum absolute atomic E-state index is 0.0630. The van der Waals surface area contributed by atoms with E-state index in [1.54, 1.807) is 12.1 Å². The van der Waals surface area contributed by atoms with Crippen molar-refractivity contribution in [3.05, 3.63) is 46.0 Å². The zero-order valence-electron chi connectivity index (χ0n) is 11.7. The van der Waals surface area contributed by atoms with Crippen molar-refractivity contribution in [1.29, 1.82) is 0 Å². The SMILES string of the molecule is Cc1[nH]c(N)nc1C1C(c2ccc(F)c(Cl)c2)C1(C)C. The number of nitrogens with two attached hydrogens (primary N) is 1. The molecule has 1 aromatic carbocycles. The molecule has 2 aromatic rings. The molecule has 1 fully saturated rings. The van der Waals surface area contributed by atoms with Gasteiger partial charge in [0.15, 0.2) is 5.95 Å². The van der Waals surface area contributed by atoms with Gasteiger partial charge in [0.05, 0.1) is 10.7 Å². The Hall–Kier alpha value is -1.55. The summed E-state index contributed by atoms with van der Waals surface area (Å²) in [5, 5.41) is 0.169. The van der Waals surface area contributed by atoms with E-state index in [1.807, 2.05) is 6.92 Å². The van der Waals surface area contributed by atoms with Crippen LogP contribution in [0.3, 0.4) is 0 Å². The molecule has 2 unspecified atom stereocenters. The highest BCUT2D eigenvalue weighted by atomic mass is 35.5. The molecule has 0 bridgehead atoms. The average molecular weight is 294 g/mol. The summed E-state index contributed by atoms with van der Waals surface area (Å²) in [5.74, 6) is 0.612. The standard InChI is InChI=1S/C15H17ClFN3/c1-7-13(20-14(18)19-7)12-11(15(12,2)3)8-4-5-10(17)9(16)6-8/h4-6,11-12H,1-3H3,(H3,18,19,20). The van der Waals surface area contributed by atoms with Crippen LogP contribution in [0.15, 0.2) is 18.2 Å². The van der Waals surface area contributed by atoms with Gasteiger partial charge in [-0.2, -0.15) is 0 Å². The molecule has 3 rings (SSSR count). The summed E-state index contributed by atoms with van der Waals surface area (Å²) in [6.45, 7) is 6.34. The summed E-state index contributed by atoms with van der Waals surface area (Å²) in [5.41, 5.74) is 8.83. The van der Waals surface area contributed by atoms with E-state index in [1.165, 1.54) is 6.07 Å². The highest BCUT2D eigenvalue weighted by Gasteiger charge is 2.60. The van der Waals surface area contributed by atoms with Gasteiger partial charge in [0.25, 0.3) is 0 Å². The molecular weight excluding hydrogens is 277 g/mol. The van der Waals surface area contributed by atoms with Crippen molar-refractivity contribution in [2.45, 2.75) is 32.6 Å². The first-order valence-corrected chi connectivity index (χ1v) is 6.97. The number of aromatic amines is 1. The third-order valence-corrected chi connectivity index (χ3v) is 4.66. The van der Waals surface area contributed by atoms with E-state index < -0.39 is 0 Å². The molecule has 2 atom stereocenters. The Morgan fingerprint density at radius 2 is 2.05 bits per heavy atom. The van der Waals surface area contributed by atoms with Crippen molar-refractivity contribution in [1.82, 2.24) is 9.97 Å². The molecule has 1 saturated carbocycles. The average Bonchev–Trinajstić information content (AvgIpc) is 2.75. The zero-order chi connectivity index (χ0) is 14.7. The van der Waals surface area contributed by atoms with Gasteiger partial charge in [0, 0.05) is 11.6 Å². The zero-order valence-corrected chi connectivity index (χ0v) is 12.4. The van der Waals surface area contributed by atoms with Gasteiger partial charge >= 0.3 is 0 Å². The number of hydrogen-bond donors (Lipinski definition) is 2. The molecule has 3 N–H and O–H groups in total. The molecule has 1 aromatic heterocycles. The van der Waals surface area contributed by atoms with E-state index in [0.29, 0.717) is 5.95 Å². The van der Waals surface area contributed by atoms with Gasteiger partial charge in [-0.1, -0.05) is 31.5 Å². The smallest absolute Gasteiger partial charge is 0.197 e. The van der Waals surface area contributed by atoms with Crippen LogP contribution in [0.2, 0.25) is 5.02 Å². The molecule has 106 valence electrons. The topological polar surface area (TPSA) is 54.7 Å². The van der Waals surface area contributed by atoms with E-state index in [4.69, 9.17) is 17.3 Å². The Labute approximate surface area is 122 Å². The molecule has 0 radical (unpaired) electrons. The number of aryl methyl sites for hydroxylation is 1. The molecule has 0 amide bonds. The van der Waals surface area contributed by atoms with E-state index in [-0.39, 0.29) is 28.1 Å². The van der Waals surface area contributed by atoms with Gasteiger partial charge in [-0.3, -0.25) is 0 Å². The fraction of sp³-hybridized carbons (Fsp3) is 0.400. The fourth-order valence-corrected chi connectivity index (χ4v) is 3.47. The lowest BCUT2D eigenvalue weighted by atomic mass is 10.0. The number of nitrogens with one attached hydrogen (secondary N) is 1. The van der Waals surface area contributed by atoms with E-state index in [9.17, 15) is 4.39 Å². The Bertz CT molecular complexity index is 678. The van der Waals surface area contributed by atoms with Crippen molar-refractivity contribution < 1.29 is 4.39 Å². The number of nitrogens with zero attached hydrogens (tertiary/aromatic N) is 1. The largest absolute Gasteiger partial charge is 0.369 e. The molecule has 3 nitrogen and oxygen atoms in total. The van der Waals surface area contributed by atoms with Crippen LogP contribution in [-0.2, 0) is 0 Å². The van der Waals surface area contributed by atoms with Crippen LogP contribution in [0.1, 0.15) is 42.6 Å². The van der Waals surface area contributed by atoms with Crippen molar-refractivity contribution >= 4 is 17.5 Å². The number of benzene rings is 1. The monoisotopic (exact) mass is 293 g/mol. The predicted molar refractivity (Wildman–Crippen MR) is 78.4 cm³/mol. The number of hydrogen-bond acceptors (Lipinski definition) is 2. The number of nitrogen functional groups attached to an aromatic ring is 1. The first-order valence-electron chi connectivity index (χ1n) is 6.59. The third kappa shape index (κ3) is 1.90. The summed E-state index contributed by atoms with van der Waals surface area (Å²) in [7, 11) is 0. The van der Waals surface area contributed by atoms with Crippen LogP contribution in [0.5, 0.6) is 0 Å². The maximum atomic E-state index is 13.3. The van der Waals surface area contributed by atoms with Crippen LogP contribution in [0, 0.1) is 18.2 Å². The Balaban J connectivity index is 1.99. The second-order valence-electron chi connectivity index (χ2n) is 6.08. The summed E-state index contributed by atoms with van der Waals surface area (Å²) < 4.78 is 13.3. The van der Waals surface area contributed by atoms with Crippen LogP contribution in [0.4, 0.5) is 10.3 Å². The molecule has 1 aliphatic rings. The summed E-state index contributed by atoms with van der Waals surface area (Å²) in [6.07, 6.45) is 0. The molecule has 20 heavy (non-hydrogen) atoms. The van der Waals surface area contributed by atoms with E-state index in [0.717, 1.165) is 17.0 Å². The first kappa shape index (κ1) is 13.4. The van der Waals surface area contributed by atoms with Crippen LogP contribution in [-0.4, -0.2) is 9.97 Å². The van der Waals surface area contributed by atoms with Crippen molar-refractivity contribution in [3.63, 3.8) is 0 Å². The molecule has 0 aliphatic heterocycles. The summed E-state index contributed by atoms with van der Waals surface area (Å²) >= 11 is 5.89. The van der Waals surface area contributed by atoms with Gasteiger partial charge in [-0.05, 0) is 36.0 Å². The second kappa shape index (κ2) is 4.22. The number of aromatic nitrogens is 2. The Morgan fingerprint density at radius 3 is 2.60 bits per heavy atom. The van der Waals surface area contributed by atoms with Crippen molar-refractivity contribution in [3.8, 4) is 0 Å². The second-order valence-corrected chi connectivity index (χ2v) is 6.49. The molecular formula is C15H17ClFN3. The van der Waals surface area contributed by atoms with Gasteiger partial charge in [-0.25, -0.2) is 9.37 Å². The van der Waals surface area contributed by atoms with Gasteiger partial charge in [0.2, 0.25) is 0 Å². The summed E-state index contributed by atoms with van der Waals surface area (Å²) in [6, 6.07) is 4.95. The van der Waals surface area contributed by atoms with Crippen molar-refractivity contribution in [2.24, 2.45) is 5.41 Å². The Morgan fingerprint density at radius 1 is 1.35 bits per heavy atom. The number of H-pyrrole nitrogens is 1. The minimum atomic E-state index is -0.384. The lowest BCUT2D eigenvalue weighted by molar-refractivity contribution is 0.596. The Kier molecular flexibility index (Phi) is 2.83. The highest BCUT2D eigenvalue weighted by molar-refractivity contribution is 6.30. The third-order valence-electron chi connectivity index (χ3n) is 4.37. The number of halogens is 2. The van der Waals surface area contributed by atoms with Gasteiger partial charge in [0.1, 0.15) is 5.82 Å². The maximum absolute atomic E-state index is 13.3. The molecule has 0 spiro atoms. The van der Waals surface area contributed by atoms with Crippen LogP contribution >= 0.6 is 11.6 Å². The predicted octanol–water partition coefficient (Wildman–Crippen LogP) is 4.00. The number of anilines is 1. The lowest BCUT2D eigenvalue weighted by Gasteiger charge is -2.03.